The number of carbonyl (C=O) groups is 1. The molecule has 2 aromatic carbocycles. The summed E-state index contributed by atoms with van der Waals surface area (Å²) >= 11 is 3.30. The first kappa shape index (κ1) is 26.8. The summed E-state index contributed by atoms with van der Waals surface area (Å²) in [5, 5.41) is 13.2. The first-order chi connectivity index (χ1) is 19.8. The maximum Gasteiger partial charge on any atom is 0.255 e. The van der Waals surface area contributed by atoms with Crippen LogP contribution < -0.4 is 4.74 Å². The van der Waals surface area contributed by atoms with Gasteiger partial charge in [-0.3, -0.25) is 14.5 Å². The molecule has 9 nitrogen and oxygen atoms in total. The summed E-state index contributed by atoms with van der Waals surface area (Å²) < 4.78 is 24.1. The number of benzene rings is 2. The predicted molar refractivity (Wildman–Crippen MR) is 155 cm³/mol. The lowest BCUT2D eigenvalue weighted by molar-refractivity contribution is 0.0706. The van der Waals surface area contributed by atoms with Crippen LogP contribution in [0.1, 0.15) is 40.1 Å². The number of fused-ring (bicyclic) bond motifs is 1. The second kappa shape index (κ2) is 10.9. The zero-order valence-corrected chi connectivity index (χ0v) is 24.3. The van der Waals surface area contributed by atoms with Crippen LogP contribution in [0.5, 0.6) is 5.75 Å². The number of hydrogen-bond acceptors (Lipinski definition) is 6. The number of ether oxygens (including phenoxy) is 1. The Bertz CT molecular complexity index is 1770. The average Bonchev–Trinajstić information content (AvgIpc) is 3.63. The Morgan fingerprint density at radius 1 is 1.07 bits per heavy atom. The zero-order valence-electron chi connectivity index (χ0n) is 22.8. The second-order valence-corrected chi connectivity index (χ2v) is 10.9. The van der Waals surface area contributed by atoms with Crippen molar-refractivity contribution in [3.05, 3.63) is 99.9 Å². The van der Waals surface area contributed by atoms with Gasteiger partial charge in [-0.2, -0.15) is 5.10 Å². The monoisotopic (exact) mass is 615 g/mol. The van der Waals surface area contributed by atoms with Crippen LogP contribution in [0.15, 0.2) is 71.7 Å². The normalized spacial score (nSPS) is 13.6. The van der Waals surface area contributed by atoms with Gasteiger partial charge in [-0.25, -0.2) is 9.07 Å². The number of nitrogens with zero attached hydrogens (tertiary/aromatic N) is 7. The van der Waals surface area contributed by atoms with Crippen molar-refractivity contribution < 1.29 is 13.9 Å². The van der Waals surface area contributed by atoms with Gasteiger partial charge in [0.15, 0.2) is 0 Å². The lowest BCUT2D eigenvalue weighted by Gasteiger charge is -2.28. The second-order valence-electron chi connectivity index (χ2n) is 10.0. The minimum Gasteiger partial charge on any atom is -0.497 e. The molecule has 0 saturated heterocycles. The van der Waals surface area contributed by atoms with Gasteiger partial charge in [0.25, 0.3) is 5.91 Å². The van der Waals surface area contributed by atoms with Gasteiger partial charge in [0.1, 0.15) is 17.3 Å². The average molecular weight is 616 g/mol. The highest BCUT2D eigenvalue weighted by Crippen LogP contribution is 2.30. The third-order valence-corrected chi connectivity index (χ3v) is 7.98. The Hall–Kier alpha value is -4.38. The Labute approximate surface area is 244 Å². The first-order valence-corrected chi connectivity index (χ1v) is 13.9. The number of methoxy groups -OCH3 is 1. The number of carbonyl (C=O) groups excluding carboxylic acids is 1. The van der Waals surface area contributed by atoms with Gasteiger partial charge in [0, 0.05) is 40.1 Å². The maximum atomic E-state index is 14.6. The molecule has 3 aromatic heterocycles. The molecule has 0 spiro atoms. The molecule has 0 N–H and O–H groups in total. The smallest absolute Gasteiger partial charge is 0.255 e. The summed E-state index contributed by atoms with van der Waals surface area (Å²) in [6.45, 7) is 5.32. The van der Waals surface area contributed by atoms with Gasteiger partial charge in [0.05, 0.1) is 49.9 Å². The number of amides is 1. The van der Waals surface area contributed by atoms with Gasteiger partial charge in [-0.1, -0.05) is 33.3 Å². The van der Waals surface area contributed by atoms with Crippen LogP contribution in [0.25, 0.3) is 22.4 Å². The summed E-state index contributed by atoms with van der Waals surface area (Å²) in [6, 6.07) is 12.3. The molecule has 0 saturated carbocycles. The molecule has 41 heavy (non-hydrogen) atoms. The Morgan fingerprint density at radius 2 is 1.93 bits per heavy atom. The van der Waals surface area contributed by atoms with E-state index < -0.39 is 0 Å². The van der Waals surface area contributed by atoms with E-state index in [9.17, 15) is 9.18 Å². The number of rotatable bonds is 6. The van der Waals surface area contributed by atoms with Crippen molar-refractivity contribution in [1.29, 1.82) is 0 Å². The van der Waals surface area contributed by atoms with Gasteiger partial charge in [-0.15, -0.1) is 5.10 Å². The molecule has 1 aliphatic heterocycles. The lowest BCUT2D eigenvalue weighted by Crippen LogP contribution is -2.38. The molecule has 5 aromatic rings. The fraction of sp³-hybridized carbons (Fsp3) is 0.233. The van der Waals surface area contributed by atoms with E-state index in [4.69, 9.17) is 4.74 Å². The molecule has 208 valence electrons. The summed E-state index contributed by atoms with van der Waals surface area (Å²) in [6.07, 6.45) is 6.90. The summed E-state index contributed by atoms with van der Waals surface area (Å²) in [5.41, 5.74) is 6.20. The van der Waals surface area contributed by atoms with Crippen molar-refractivity contribution in [1.82, 2.24) is 34.7 Å². The van der Waals surface area contributed by atoms with E-state index in [1.165, 1.54) is 6.07 Å². The first-order valence-electron chi connectivity index (χ1n) is 13.1. The maximum absolute atomic E-state index is 14.6. The van der Waals surface area contributed by atoms with Crippen LogP contribution in [0, 0.1) is 12.7 Å². The summed E-state index contributed by atoms with van der Waals surface area (Å²) in [7, 11) is 1.64. The predicted octanol–water partition coefficient (Wildman–Crippen LogP) is 5.69. The number of pyridine rings is 1. The van der Waals surface area contributed by atoms with Gasteiger partial charge in [0.2, 0.25) is 0 Å². The topological polar surface area (TPSA) is 91.0 Å². The van der Waals surface area contributed by atoms with E-state index in [2.05, 4.69) is 36.3 Å². The molecule has 4 heterocycles. The Balaban J connectivity index is 1.23. The molecule has 1 atom stereocenters. The van der Waals surface area contributed by atoms with E-state index in [1.807, 2.05) is 42.8 Å². The molecule has 0 aliphatic carbocycles. The van der Waals surface area contributed by atoms with Crippen molar-refractivity contribution >= 4 is 21.8 Å². The third kappa shape index (κ3) is 5.13. The molecular formula is C30H27BrFN7O2. The van der Waals surface area contributed by atoms with Crippen LogP contribution in [0.2, 0.25) is 0 Å². The molecular weight excluding hydrogens is 589 g/mol. The third-order valence-electron chi connectivity index (χ3n) is 7.48. The largest absolute Gasteiger partial charge is 0.497 e. The van der Waals surface area contributed by atoms with Crippen molar-refractivity contribution in [2.24, 2.45) is 0 Å². The van der Waals surface area contributed by atoms with Crippen molar-refractivity contribution in [3.63, 3.8) is 0 Å². The van der Waals surface area contributed by atoms with E-state index in [-0.39, 0.29) is 17.8 Å². The van der Waals surface area contributed by atoms with Crippen LogP contribution >= 0.6 is 15.9 Å². The van der Waals surface area contributed by atoms with E-state index in [1.54, 1.807) is 53.6 Å². The SMILES string of the molecule is COc1ccc(-c2cncc(C(=O)N3CCn4ncc(-c5cn([C@@H](C)c6ccc(Br)cc6F)nn5)c4C3)c2)c(C)c1. The summed E-state index contributed by atoms with van der Waals surface area (Å²) in [5.74, 6) is 0.357. The number of aromatic nitrogens is 6. The van der Waals surface area contributed by atoms with E-state index in [0.29, 0.717) is 40.9 Å². The van der Waals surface area contributed by atoms with Crippen molar-refractivity contribution in [3.8, 4) is 28.1 Å². The molecule has 0 radical (unpaired) electrons. The highest BCUT2D eigenvalue weighted by Gasteiger charge is 2.27. The highest BCUT2D eigenvalue weighted by atomic mass is 79.9. The van der Waals surface area contributed by atoms with Crippen LogP contribution in [0.3, 0.4) is 0 Å². The van der Waals surface area contributed by atoms with Crippen molar-refractivity contribution in [2.75, 3.05) is 13.7 Å². The van der Waals surface area contributed by atoms with E-state index in [0.717, 1.165) is 33.7 Å². The molecule has 1 amide bonds. The molecule has 0 bridgehead atoms. The van der Waals surface area contributed by atoms with Crippen LogP contribution in [0.4, 0.5) is 4.39 Å². The molecule has 0 unspecified atom stereocenters. The number of halogens is 2. The number of aryl methyl sites for hydroxylation is 1. The zero-order chi connectivity index (χ0) is 28.7. The van der Waals surface area contributed by atoms with Gasteiger partial charge >= 0.3 is 0 Å². The lowest BCUT2D eigenvalue weighted by atomic mass is 10.0. The standard InChI is InChI=1S/C30H27BrFN7O2/c1-18-10-23(41-3)5-7-24(18)20-11-21(14-33-13-20)30(40)37-8-9-38-29(17-37)26(15-34-38)28-16-39(36-35-28)19(2)25-6-4-22(31)12-27(25)32/h4-7,10-16,19H,8-9,17H2,1-3H3/t19-/m0/s1. The Morgan fingerprint density at radius 3 is 2.71 bits per heavy atom. The highest BCUT2D eigenvalue weighted by molar-refractivity contribution is 9.10. The number of hydrogen-bond donors (Lipinski definition) is 0. The quantitative estimate of drug-likeness (QED) is 0.244. The fourth-order valence-electron chi connectivity index (χ4n) is 5.18. The Kier molecular flexibility index (Phi) is 7.12. The van der Waals surface area contributed by atoms with Gasteiger partial charge < -0.3 is 9.64 Å². The van der Waals surface area contributed by atoms with E-state index >= 15 is 0 Å². The van der Waals surface area contributed by atoms with Gasteiger partial charge in [-0.05, 0) is 55.3 Å². The van der Waals surface area contributed by atoms with Crippen molar-refractivity contribution in [2.45, 2.75) is 33.0 Å². The van der Waals surface area contributed by atoms with Crippen LogP contribution in [-0.4, -0.2) is 54.2 Å². The fourth-order valence-corrected chi connectivity index (χ4v) is 5.51. The summed E-state index contributed by atoms with van der Waals surface area (Å²) in [4.78, 5) is 19.8. The minimum absolute atomic E-state index is 0.105. The molecule has 11 heteroatoms. The molecule has 0 fully saturated rings. The van der Waals surface area contributed by atoms with Crippen LogP contribution in [-0.2, 0) is 13.1 Å². The molecule has 1 aliphatic rings. The molecule has 6 rings (SSSR count). The minimum atomic E-state index is -0.358.